The Bertz CT molecular complexity index is 166. The minimum atomic E-state index is -0.588. The maximum absolute atomic E-state index is 5.63. The van der Waals surface area contributed by atoms with E-state index in [2.05, 4.69) is 9.34 Å². The van der Waals surface area contributed by atoms with Gasteiger partial charge in [0.25, 0.3) is 0 Å². The molecule has 2 aliphatic heterocycles. The minimum absolute atomic E-state index is 0.588. The molecule has 15 heavy (non-hydrogen) atoms. The quantitative estimate of drug-likeness (QED) is 0.665. The van der Waals surface area contributed by atoms with Crippen LogP contribution in [0.5, 0.6) is 0 Å². The van der Waals surface area contributed by atoms with Crippen LogP contribution < -0.4 is 0 Å². The van der Waals surface area contributed by atoms with Crippen LogP contribution in [0, 0.1) is 0 Å². The summed E-state index contributed by atoms with van der Waals surface area (Å²) in [6.07, 6.45) is 0. The zero-order chi connectivity index (χ0) is 10.5. The molecule has 2 rings (SSSR count). The molecule has 5 nitrogen and oxygen atoms in total. The van der Waals surface area contributed by atoms with E-state index in [4.69, 9.17) is 14.0 Å². The summed E-state index contributed by atoms with van der Waals surface area (Å²) in [4.78, 5) is 0. The molecule has 0 amide bonds. The van der Waals surface area contributed by atoms with E-state index in [0.717, 1.165) is 52.6 Å². The average Bonchev–Trinajstić information content (AvgIpc) is 2.33. The van der Waals surface area contributed by atoms with Crippen molar-refractivity contribution < 1.29 is 14.0 Å². The molecule has 0 saturated carbocycles. The average molecular weight is 234 g/mol. The van der Waals surface area contributed by atoms with Crippen LogP contribution in [0.15, 0.2) is 0 Å². The Labute approximate surface area is 92.2 Å². The van der Waals surface area contributed by atoms with Gasteiger partial charge >= 0.3 is 0 Å². The van der Waals surface area contributed by atoms with Gasteiger partial charge in [0.2, 0.25) is 0 Å². The molecule has 2 heterocycles. The lowest BCUT2D eigenvalue weighted by atomic mass is 10.5. The Morgan fingerprint density at radius 1 is 0.867 bits per heavy atom. The van der Waals surface area contributed by atoms with Gasteiger partial charge in [0.05, 0.1) is 26.4 Å². The molecule has 0 N–H and O–H groups in total. The zero-order valence-electron chi connectivity index (χ0n) is 9.22. The molecular weight excluding hydrogens is 215 g/mol. The van der Waals surface area contributed by atoms with Crippen molar-refractivity contribution in [1.82, 2.24) is 9.34 Å². The highest BCUT2D eigenvalue weighted by atomic mass is 31.2. The first-order valence-corrected chi connectivity index (χ1v) is 6.58. The molecule has 2 aliphatic rings. The summed E-state index contributed by atoms with van der Waals surface area (Å²) in [5.74, 6) is 0. The third-order valence-electron chi connectivity index (χ3n) is 2.62. The summed E-state index contributed by atoms with van der Waals surface area (Å²) in [5, 5.41) is 0. The van der Waals surface area contributed by atoms with Crippen molar-refractivity contribution in [3.8, 4) is 0 Å². The number of rotatable bonds is 3. The topological polar surface area (TPSA) is 34.2 Å². The third kappa shape index (κ3) is 3.09. The van der Waals surface area contributed by atoms with Crippen LogP contribution in [0.25, 0.3) is 0 Å². The third-order valence-corrected chi connectivity index (χ3v) is 4.72. The Balaban J connectivity index is 1.88. The number of morpholine rings is 2. The Hall–Kier alpha value is 0.230. The van der Waals surface area contributed by atoms with Crippen LogP contribution in [-0.4, -0.2) is 69.1 Å². The normalized spacial score (nSPS) is 26.0. The highest BCUT2D eigenvalue weighted by Crippen LogP contribution is 2.45. The number of hydrogen-bond donors (Lipinski definition) is 0. The standard InChI is InChI=1S/C9H19N2O3P/c1-12-15(10-2-6-13-7-3-10)11-4-8-14-9-5-11/h2-9H2,1H3. The van der Waals surface area contributed by atoms with Gasteiger partial charge in [-0.2, -0.15) is 0 Å². The molecule has 6 heteroatoms. The predicted molar refractivity (Wildman–Crippen MR) is 58.7 cm³/mol. The van der Waals surface area contributed by atoms with Gasteiger partial charge in [-0.15, -0.1) is 0 Å². The van der Waals surface area contributed by atoms with Gasteiger partial charge in [0.15, 0.2) is 8.45 Å². The second-order valence-electron chi connectivity index (χ2n) is 3.57. The fourth-order valence-corrected chi connectivity index (χ4v) is 3.69. The lowest BCUT2D eigenvalue weighted by Gasteiger charge is -2.40. The molecule has 0 aromatic carbocycles. The van der Waals surface area contributed by atoms with Crippen LogP contribution in [0.3, 0.4) is 0 Å². The Kier molecular flexibility index (Phi) is 4.75. The SMILES string of the molecule is COP(N1CCOCC1)N1CCOCC1. The minimum Gasteiger partial charge on any atom is -0.379 e. The van der Waals surface area contributed by atoms with Crippen molar-refractivity contribution in [1.29, 1.82) is 0 Å². The van der Waals surface area contributed by atoms with Gasteiger partial charge in [0, 0.05) is 33.3 Å². The first-order valence-electron chi connectivity index (χ1n) is 5.41. The molecule has 0 atom stereocenters. The van der Waals surface area contributed by atoms with Gasteiger partial charge in [-0.3, -0.25) is 0 Å². The number of hydrogen-bond acceptors (Lipinski definition) is 5. The number of nitrogens with zero attached hydrogens (tertiary/aromatic N) is 2. The van der Waals surface area contributed by atoms with E-state index in [1.807, 2.05) is 0 Å². The lowest BCUT2D eigenvalue weighted by molar-refractivity contribution is 0.0499. The molecular formula is C9H19N2O3P. The highest BCUT2D eigenvalue weighted by molar-refractivity contribution is 7.47. The van der Waals surface area contributed by atoms with Crippen LogP contribution in [0.4, 0.5) is 0 Å². The second-order valence-corrected chi connectivity index (χ2v) is 5.57. The molecule has 0 aromatic rings. The Morgan fingerprint density at radius 3 is 1.60 bits per heavy atom. The predicted octanol–water partition coefficient (Wildman–Crippen LogP) is 0.524. The van der Waals surface area contributed by atoms with Crippen molar-refractivity contribution in [2.45, 2.75) is 0 Å². The lowest BCUT2D eigenvalue weighted by Crippen LogP contribution is -2.41. The zero-order valence-corrected chi connectivity index (χ0v) is 10.1. The monoisotopic (exact) mass is 234 g/mol. The number of ether oxygens (including phenoxy) is 2. The van der Waals surface area contributed by atoms with Crippen molar-refractivity contribution in [3.63, 3.8) is 0 Å². The van der Waals surface area contributed by atoms with Crippen molar-refractivity contribution in [2.24, 2.45) is 0 Å². The molecule has 0 aromatic heterocycles. The van der Waals surface area contributed by atoms with E-state index in [9.17, 15) is 0 Å². The summed E-state index contributed by atoms with van der Waals surface area (Å²) < 4.78 is 21.1. The van der Waals surface area contributed by atoms with Crippen molar-refractivity contribution in [3.05, 3.63) is 0 Å². The van der Waals surface area contributed by atoms with E-state index < -0.39 is 8.45 Å². The summed E-state index contributed by atoms with van der Waals surface area (Å²) >= 11 is 0. The first kappa shape index (κ1) is 11.7. The van der Waals surface area contributed by atoms with Crippen molar-refractivity contribution in [2.75, 3.05) is 59.7 Å². The smallest absolute Gasteiger partial charge is 0.187 e. The van der Waals surface area contributed by atoms with E-state index in [-0.39, 0.29) is 0 Å². The first-order chi connectivity index (χ1) is 7.42. The van der Waals surface area contributed by atoms with E-state index >= 15 is 0 Å². The fourth-order valence-electron chi connectivity index (χ4n) is 1.86. The summed E-state index contributed by atoms with van der Waals surface area (Å²) in [6, 6.07) is 0. The van der Waals surface area contributed by atoms with Crippen LogP contribution in [0.2, 0.25) is 0 Å². The molecule has 0 radical (unpaired) electrons. The summed E-state index contributed by atoms with van der Waals surface area (Å²) in [7, 11) is 1.21. The van der Waals surface area contributed by atoms with Crippen LogP contribution >= 0.6 is 8.45 Å². The van der Waals surface area contributed by atoms with Gasteiger partial charge in [0.1, 0.15) is 0 Å². The molecule has 0 unspecified atom stereocenters. The molecule has 2 saturated heterocycles. The fraction of sp³-hybridized carbons (Fsp3) is 1.00. The molecule has 0 spiro atoms. The Morgan fingerprint density at radius 2 is 1.27 bits per heavy atom. The van der Waals surface area contributed by atoms with E-state index in [1.54, 1.807) is 7.11 Å². The summed E-state index contributed by atoms with van der Waals surface area (Å²) in [5.41, 5.74) is 0. The maximum atomic E-state index is 5.63. The molecule has 88 valence electrons. The van der Waals surface area contributed by atoms with E-state index in [0.29, 0.717) is 0 Å². The van der Waals surface area contributed by atoms with Gasteiger partial charge in [-0.25, -0.2) is 9.34 Å². The maximum Gasteiger partial charge on any atom is 0.187 e. The largest absolute Gasteiger partial charge is 0.379 e. The van der Waals surface area contributed by atoms with Gasteiger partial charge in [-0.05, 0) is 0 Å². The molecule has 0 bridgehead atoms. The second kappa shape index (κ2) is 6.09. The summed E-state index contributed by atoms with van der Waals surface area (Å²) in [6.45, 7) is 7.24. The molecule has 2 fully saturated rings. The van der Waals surface area contributed by atoms with Crippen molar-refractivity contribution >= 4 is 8.45 Å². The van der Waals surface area contributed by atoms with Crippen LogP contribution in [-0.2, 0) is 14.0 Å². The van der Waals surface area contributed by atoms with E-state index in [1.165, 1.54) is 0 Å². The van der Waals surface area contributed by atoms with Gasteiger partial charge in [-0.1, -0.05) is 0 Å². The highest BCUT2D eigenvalue weighted by Gasteiger charge is 2.28. The van der Waals surface area contributed by atoms with Crippen LogP contribution in [0.1, 0.15) is 0 Å². The van der Waals surface area contributed by atoms with Gasteiger partial charge < -0.3 is 14.0 Å². The molecule has 0 aliphatic carbocycles.